The van der Waals surface area contributed by atoms with Gasteiger partial charge in [-0.25, -0.2) is 0 Å². The van der Waals surface area contributed by atoms with E-state index in [4.69, 9.17) is 0 Å². The van der Waals surface area contributed by atoms with Gasteiger partial charge >= 0.3 is 0 Å². The first-order valence-corrected chi connectivity index (χ1v) is 9.93. The molecular weight excluding hydrogens is 280 g/mol. The second kappa shape index (κ2) is 6.91. The number of thioether (sulfide) groups is 1. The standard InChI is InChI=1S/C17H30N2OS/c1-2-21-15-8-5-7-14(10-15)19-16(20)17-9-4-3-6-13(17)11-18-12-17/h13-15,18H,2-12H2,1H3,(H,19,20)/t13-,14?,15?,17+/m0/s1. The zero-order valence-electron chi connectivity index (χ0n) is 13.3. The number of carbonyl (C=O) groups excluding carboxylic acids is 1. The molecule has 3 rings (SSSR count). The summed E-state index contributed by atoms with van der Waals surface area (Å²) >= 11 is 2.07. The van der Waals surface area contributed by atoms with Crippen LogP contribution < -0.4 is 10.6 Å². The van der Waals surface area contributed by atoms with Crippen molar-refractivity contribution in [3.05, 3.63) is 0 Å². The van der Waals surface area contributed by atoms with Crippen molar-refractivity contribution in [3.8, 4) is 0 Å². The third-order valence-electron chi connectivity index (χ3n) is 5.85. The minimum absolute atomic E-state index is 0.0803. The number of nitrogens with one attached hydrogen (secondary N) is 2. The lowest BCUT2D eigenvalue weighted by Gasteiger charge is -2.39. The molecule has 3 aliphatic rings. The van der Waals surface area contributed by atoms with E-state index in [1.807, 2.05) is 0 Å². The molecule has 2 N–H and O–H groups in total. The quantitative estimate of drug-likeness (QED) is 0.839. The molecule has 2 saturated carbocycles. The fourth-order valence-electron chi connectivity index (χ4n) is 4.68. The van der Waals surface area contributed by atoms with Gasteiger partial charge in [0.25, 0.3) is 0 Å². The molecule has 0 aromatic carbocycles. The van der Waals surface area contributed by atoms with E-state index in [1.54, 1.807) is 0 Å². The Hall–Kier alpha value is -0.220. The van der Waals surface area contributed by atoms with Gasteiger partial charge in [0.15, 0.2) is 0 Å². The molecule has 1 saturated heterocycles. The van der Waals surface area contributed by atoms with Gasteiger partial charge in [-0.3, -0.25) is 4.79 Å². The molecule has 21 heavy (non-hydrogen) atoms. The van der Waals surface area contributed by atoms with Crippen molar-refractivity contribution in [1.29, 1.82) is 0 Å². The number of amides is 1. The molecule has 1 amide bonds. The highest BCUT2D eigenvalue weighted by Gasteiger charge is 2.50. The van der Waals surface area contributed by atoms with E-state index < -0.39 is 0 Å². The Labute approximate surface area is 133 Å². The second-order valence-corrected chi connectivity index (χ2v) is 8.72. The van der Waals surface area contributed by atoms with Crippen molar-refractivity contribution < 1.29 is 4.79 Å². The average molecular weight is 311 g/mol. The highest BCUT2D eigenvalue weighted by molar-refractivity contribution is 7.99. The number of hydrogen-bond acceptors (Lipinski definition) is 3. The van der Waals surface area contributed by atoms with Crippen LogP contribution in [-0.4, -0.2) is 36.0 Å². The Bertz CT molecular complexity index is 374. The zero-order valence-corrected chi connectivity index (χ0v) is 14.1. The van der Waals surface area contributed by atoms with Gasteiger partial charge in [0, 0.05) is 17.8 Å². The fraction of sp³-hybridized carbons (Fsp3) is 0.941. The van der Waals surface area contributed by atoms with Crippen LogP contribution >= 0.6 is 11.8 Å². The van der Waals surface area contributed by atoms with Gasteiger partial charge in [-0.15, -0.1) is 0 Å². The molecule has 3 nitrogen and oxygen atoms in total. The smallest absolute Gasteiger partial charge is 0.228 e. The van der Waals surface area contributed by atoms with Crippen molar-refractivity contribution in [1.82, 2.24) is 10.6 Å². The van der Waals surface area contributed by atoms with Crippen LogP contribution in [-0.2, 0) is 4.79 Å². The molecule has 4 heteroatoms. The van der Waals surface area contributed by atoms with Crippen molar-refractivity contribution in [2.75, 3.05) is 18.8 Å². The fourth-order valence-corrected chi connectivity index (χ4v) is 5.86. The predicted molar refractivity (Wildman–Crippen MR) is 89.6 cm³/mol. The van der Waals surface area contributed by atoms with Gasteiger partial charge in [-0.05, 0) is 50.3 Å². The lowest BCUT2D eigenvalue weighted by Crippen LogP contribution is -2.51. The molecule has 1 aliphatic heterocycles. The second-order valence-electron chi connectivity index (χ2n) is 7.14. The zero-order chi connectivity index (χ0) is 14.7. The summed E-state index contributed by atoms with van der Waals surface area (Å²) in [6, 6.07) is 0.424. The van der Waals surface area contributed by atoms with E-state index in [2.05, 4.69) is 29.3 Å². The summed E-state index contributed by atoms with van der Waals surface area (Å²) < 4.78 is 0. The van der Waals surface area contributed by atoms with E-state index in [1.165, 1.54) is 50.7 Å². The first kappa shape index (κ1) is 15.7. The van der Waals surface area contributed by atoms with E-state index >= 15 is 0 Å². The Kier molecular flexibility index (Phi) is 5.15. The van der Waals surface area contributed by atoms with Crippen LogP contribution in [0.15, 0.2) is 0 Å². The summed E-state index contributed by atoms with van der Waals surface area (Å²) in [5.41, 5.74) is -0.0803. The van der Waals surface area contributed by atoms with Gasteiger partial charge < -0.3 is 10.6 Å². The molecule has 1 heterocycles. The maximum absolute atomic E-state index is 13.0. The van der Waals surface area contributed by atoms with Gasteiger partial charge in [-0.1, -0.05) is 26.2 Å². The third kappa shape index (κ3) is 3.26. The van der Waals surface area contributed by atoms with Crippen LogP contribution in [0.1, 0.15) is 58.3 Å². The number of fused-ring (bicyclic) bond motifs is 1. The summed E-state index contributed by atoms with van der Waals surface area (Å²) in [6.07, 6.45) is 9.83. The van der Waals surface area contributed by atoms with Crippen LogP contribution in [0.2, 0.25) is 0 Å². The topological polar surface area (TPSA) is 41.1 Å². The first-order valence-electron chi connectivity index (χ1n) is 8.88. The highest BCUT2D eigenvalue weighted by atomic mass is 32.2. The molecule has 0 spiro atoms. The van der Waals surface area contributed by atoms with E-state index in [-0.39, 0.29) is 5.41 Å². The Morgan fingerprint density at radius 3 is 3.05 bits per heavy atom. The monoisotopic (exact) mass is 310 g/mol. The van der Waals surface area contributed by atoms with Crippen LogP contribution in [0.3, 0.4) is 0 Å². The summed E-state index contributed by atoms with van der Waals surface area (Å²) in [5.74, 6) is 2.14. The van der Waals surface area contributed by atoms with Crippen LogP contribution in [0, 0.1) is 11.3 Å². The molecule has 0 aromatic rings. The Balaban J connectivity index is 1.60. The van der Waals surface area contributed by atoms with Gasteiger partial charge in [0.05, 0.1) is 5.41 Å². The summed E-state index contributed by atoms with van der Waals surface area (Å²) in [4.78, 5) is 13.0. The first-order chi connectivity index (χ1) is 10.2. The SMILES string of the molecule is CCSC1CCCC(NC(=O)[C@@]23CCCC[C@H]2CNC3)C1. The normalized spacial score (nSPS) is 39.8. The molecule has 3 fully saturated rings. The predicted octanol–water partition coefficient (Wildman–Crippen LogP) is 2.95. The van der Waals surface area contributed by atoms with E-state index in [0.717, 1.165) is 24.8 Å². The summed E-state index contributed by atoms with van der Waals surface area (Å²) in [5, 5.41) is 7.69. The molecular formula is C17H30N2OS. The third-order valence-corrected chi connectivity index (χ3v) is 7.09. The molecule has 2 aliphatic carbocycles. The largest absolute Gasteiger partial charge is 0.353 e. The van der Waals surface area contributed by atoms with Crippen molar-refractivity contribution in [2.45, 2.75) is 69.6 Å². The molecule has 4 atom stereocenters. The van der Waals surface area contributed by atoms with Gasteiger partial charge in [0.2, 0.25) is 5.91 Å². The van der Waals surface area contributed by atoms with E-state index in [0.29, 0.717) is 17.9 Å². The van der Waals surface area contributed by atoms with Crippen molar-refractivity contribution >= 4 is 17.7 Å². The molecule has 0 radical (unpaired) electrons. The number of carbonyl (C=O) groups is 1. The number of rotatable bonds is 4. The van der Waals surface area contributed by atoms with Crippen LogP contribution in [0.5, 0.6) is 0 Å². The van der Waals surface area contributed by atoms with Crippen LogP contribution in [0.25, 0.3) is 0 Å². The summed E-state index contributed by atoms with van der Waals surface area (Å²) in [7, 11) is 0. The minimum atomic E-state index is -0.0803. The molecule has 2 unspecified atom stereocenters. The van der Waals surface area contributed by atoms with Gasteiger partial charge in [-0.2, -0.15) is 11.8 Å². The molecule has 0 aromatic heterocycles. The maximum atomic E-state index is 13.0. The van der Waals surface area contributed by atoms with Crippen molar-refractivity contribution in [3.63, 3.8) is 0 Å². The average Bonchev–Trinajstić information content (AvgIpc) is 2.93. The number of hydrogen-bond donors (Lipinski definition) is 2. The summed E-state index contributed by atoms with van der Waals surface area (Å²) in [6.45, 7) is 4.19. The van der Waals surface area contributed by atoms with Gasteiger partial charge in [0.1, 0.15) is 0 Å². The lowest BCUT2D eigenvalue weighted by molar-refractivity contribution is -0.135. The Morgan fingerprint density at radius 1 is 1.29 bits per heavy atom. The van der Waals surface area contributed by atoms with E-state index in [9.17, 15) is 4.79 Å². The highest BCUT2D eigenvalue weighted by Crippen LogP contribution is 2.44. The lowest BCUT2D eigenvalue weighted by atomic mass is 9.67. The molecule has 120 valence electrons. The maximum Gasteiger partial charge on any atom is 0.228 e. The Morgan fingerprint density at radius 2 is 2.19 bits per heavy atom. The van der Waals surface area contributed by atoms with Crippen LogP contribution in [0.4, 0.5) is 0 Å². The van der Waals surface area contributed by atoms with Crippen molar-refractivity contribution in [2.24, 2.45) is 11.3 Å². The minimum Gasteiger partial charge on any atom is -0.353 e. The molecule has 0 bridgehead atoms.